The number of rotatable bonds is 6. The molecule has 0 radical (unpaired) electrons. The lowest BCUT2D eigenvalue weighted by atomic mass is 10.00. The maximum atomic E-state index is 12.0. The fourth-order valence-electron chi connectivity index (χ4n) is 2.68. The van der Waals surface area contributed by atoms with Crippen molar-refractivity contribution in [3.8, 4) is 11.6 Å². The van der Waals surface area contributed by atoms with Crippen molar-refractivity contribution in [2.24, 2.45) is 0 Å². The van der Waals surface area contributed by atoms with E-state index >= 15 is 0 Å². The van der Waals surface area contributed by atoms with Gasteiger partial charge >= 0.3 is 5.97 Å². The molecule has 0 bridgehead atoms. The molecule has 0 saturated carbocycles. The summed E-state index contributed by atoms with van der Waals surface area (Å²) in [6.07, 6.45) is 3.55. The van der Waals surface area contributed by atoms with E-state index in [9.17, 15) is 4.79 Å². The van der Waals surface area contributed by atoms with Crippen molar-refractivity contribution in [3.05, 3.63) is 83.0 Å². The van der Waals surface area contributed by atoms with Crippen LogP contribution in [0.25, 0.3) is 11.3 Å². The number of esters is 1. The molecule has 1 heterocycles. The van der Waals surface area contributed by atoms with Crippen LogP contribution >= 0.6 is 11.6 Å². The summed E-state index contributed by atoms with van der Waals surface area (Å²) >= 11 is 5.92. The van der Waals surface area contributed by atoms with Gasteiger partial charge in [-0.15, -0.1) is 5.10 Å². The van der Waals surface area contributed by atoms with E-state index in [-0.39, 0.29) is 12.6 Å². The summed E-state index contributed by atoms with van der Waals surface area (Å²) < 4.78 is 12.4. The number of aromatic nitrogens is 2. The molecular formula is C21H19ClN2O3. The second-order valence-corrected chi connectivity index (χ2v) is 6.15. The largest absolute Gasteiger partial charge is 0.472 e. The quantitative estimate of drug-likeness (QED) is 0.458. The molecule has 0 atom stereocenters. The van der Waals surface area contributed by atoms with Crippen molar-refractivity contribution < 1.29 is 14.3 Å². The Hall–Kier alpha value is -3.05. The molecule has 5 nitrogen and oxygen atoms in total. The van der Waals surface area contributed by atoms with Crippen molar-refractivity contribution in [1.29, 1.82) is 0 Å². The fraction of sp³-hybridized carbons (Fsp3) is 0.143. The number of allylic oxidation sites excluding steroid dienone is 1. The zero-order valence-corrected chi connectivity index (χ0v) is 15.8. The second-order valence-electron chi connectivity index (χ2n) is 5.71. The molecular weight excluding hydrogens is 364 g/mol. The van der Waals surface area contributed by atoms with Crippen LogP contribution in [0.5, 0.6) is 5.88 Å². The Kier molecular flexibility index (Phi) is 5.94. The van der Waals surface area contributed by atoms with E-state index in [0.717, 1.165) is 16.8 Å². The molecule has 0 amide bonds. The monoisotopic (exact) mass is 382 g/mol. The molecule has 3 rings (SSSR count). The first-order chi connectivity index (χ1) is 13.1. The van der Waals surface area contributed by atoms with Crippen LogP contribution in [0.3, 0.4) is 0 Å². The lowest BCUT2D eigenvalue weighted by Crippen LogP contribution is -2.08. The molecule has 27 heavy (non-hydrogen) atoms. The highest BCUT2D eigenvalue weighted by atomic mass is 35.5. The van der Waals surface area contributed by atoms with E-state index in [0.29, 0.717) is 16.5 Å². The minimum atomic E-state index is -0.378. The molecule has 138 valence electrons. The molecule has 0 aliphatic rings. The number of halogens is 1. The molecule has 1 aromatic heterocycles. The van der Waals surface area contributed by atoms with Gasteiger partial charge in [-0.2, -0.15) is 0 Å². The van der Waals surface area contributed by atoms with Crippen LogP contribution in [0, 0.1) is 0 Å². The molecule has 0 N–H and O–H groups in total. The SMILES string of the molecule is CC=C(C(=O)OC)c1ccccc1COc1ccn(-c2ccc(Cl)cc2)n1. The average molecular weight is 383 g/mol. The first kappa shape index (κ1) is 18.7. The third-order valence-electron chi connectivity index (χ3n) is 4.03. The second kappa shape index (κ2) is 8.56. The maximum absolute atomic E-state index is 12.0. The third-order valence-corrected chi connectivity index (χ3v) is 4.28. The van der Waals surface area contributed by atoms with Gasteiger partial charge in [0.1, 0.15) is 6.61 Å². The fourth-order valence-corrected chi connectivity index (χ4v) is 2.80. The van der Waals surface area contributed by atoms with Gasteiger partial charge in [0.2, 0.25) is 5.88 Å². The lowest BCUT2D eigenvalue weighted by molar-refractivity contribution is -0.133. The summed E-state index contributed by atoms with van der Waals surface area (Å²) in [4.78, 5) is 12.0. The summed E-state index contributed by atoms with van der Waals surface area (Å²) in [5.41, 5.74) is 3.04. The van der Waals surface area contributed by atoms with Gasteiger partial charge in [0.25, 0.3) is 0 Å². The van der Waals surface area contributed by atoms with Crippen LogP contribution in [0.4, 0.5) is 0 Å². The maximum Gasteiger partial charge on any atom is 0.338 e. The molecule has 0 spiro atoms. The van der Waals surface area contributed by atoms with Crippen LogP contribution < -0.4 is 4.74 Å². The summed E-state index contributed by atoms with van der Waals surface area (Å²) in [5.74, 6) is 0.108. The van der Waals surface area contributed by atoms with Gasteiger partial charge in [-0.05, 0) is 42.3 Å². The molecule has 3 aromatic rings. The van der Waals surface area contributed by atoms with Crippen LogP contribution in [0.1, 0.15) is 18.1 Å². The van der Waals surface area contributed by atoms with E-state index in [2.05, 4.69) is 5.10 Å². The Balaban J connectivity index is 1.76. The average Bonchev–Trinajstić information content (AvgIpc) is 3.17. The van der Waals surface area contributed by atoms with E-state index in [1.54, 1.807) is 35.9 Å². The Morgan fingerprint density at radius 1 is 1.15 bits per heavy atom. The lowest BCUT2D eigenvalue weighted by Gasteiger charge is -2.11. The minimum absolute atomic E-state index is 0.280. The van der Waals surface area contributed by atoms with Gasteiger partial charge < -0.3 is 9.47 Å². The Morgan fingerprint density at radius 2 is 1.89 bits per heavy atom. The first-order valence-corrected chi connectivity index (χ1v) is 8.77. The van der Waals surface area contributed by atoms with Crippen LogP contribution in [0.15, 0.2) is 66.9 Å². The molecule has 0 aliphatic carbocycles. The highest BCUT2D eigenvalue weighted by molar-refractivity contribution is 6.30. The molecule has 0 aliphatic heterocycles. The van der Waals surface area contributed by atoms with Crippen molar-refractivity contribution in [3.63, 3.8) is 0 Å². The highest BCUT2D eigenvalue weighted by Gasteiger charge is 2.15. The van der Waals surface area contributed by atoms with E-state index in [4.69, 9.17) is 21.1 Å². The first-order valence-electron chi connectivity index (χ1n) is 8.39. The number of carbonyl (C=O) groups excluding carboxylic acids is 1. The van der Waals surface area contributed by atoms with Crippen molar-refractivity contribution in [2.75, 3.05) is 7.11 Å². The zero-order valence-electron chi connectivity index (χ0n) is 15.1. The van der Waals surface area contributed by atoms with Gasteiger partial charge in [0.05, 0.1) is 18.4 Å². The molecule has 6 heteroatoms. The summed E-state index contributed by atoms with van der Waals surface area (Å²) in [5, 5.41) is 5.09. The number of nitrogens with zero attached hydrogens (tertiary/aromatic N) is 2. The van der Waals surface area contributed by atoms with Gasteiger partial charge in [0.15, 0.2) is 0 Å². The number of ether oxygens (including phenoxy) is 2. The summed E-state index contributed by atoms with van der Waals surface area (Å²) in [7, 11) is 1.37. The summed E-state index contributed by atoms with van der Waals surface area (Å²) in [6.45, 7) is 2.08. The zero-order chi connectivity index (χ0) is 19.2. The number of hydrogen-bond donors (Lipinski definition) is 0. The van der Waals surface area contributed by atoms with Crippen LogP contribution in [-0.2, 0) is 16.1 Å². The van der Waals surface area contributed by atoms with E-state index in [1.807, 2.05) is 42.6 Å². The number of methoxy groups -OCH3 is 1. The van der Waals surface area contributed by atoms with E-state index in [1.165, 1.54) is 7.11 Å². The number of benzene rings is 2. The topological polar surface area (TPSA) is 53.4 Å². The Bertz CT molecular complexity index is 962. The molecule has 0 fully saturated rings. The van der Waals surface area contributed by atoms with E-state index < -0.39 is 0 Å². The smallest absolute Gasteiger partial charge is 0.338 e. The number of hydrogen-bond acceptors (Lipinski definition) is 4. The number of carbonyl (C=O) groups is 1. The summed E-state index contributed by atoms with van der Waals surface area (Å²) in [6, 6.07) is 16.7. The molecule has 2 aromatic carbocycles. The van der Waals surface area contributed by atoms with Crippen molar-refractivity contribution in [2.45, 2.75) is 13.5 Å². The predicted molar refractivity (Wildman–Crippen MR) is 105 cm³/mol. The molecule has 0 saturated heterocycles. The van der Waals surface area contributed by atoms with Gasteiger partial charge in [-0.1, -0.05) is 41.9 Å². The highest BCUT2D eigenvalue weighted by Crippen LogP contribution is 2.22. The predicted octanol–water partition coefficient (Wildman–Crippen LogP) is 4.68. The Morgan fingerprint density at radius 3 is 2.59 bits per heavy atom. The van der Waals surface area contributed by atoms with Gasteiger partial charge in [-0.25, -0.2) is 9.48 Å². The van der Waals surface area contributed by atoms with Gasteiger partial charge in [-0.3, -0.25) is 0 Å². The third kappa shape index (κ3) is 4.38. The van der Waals surface area contributed by atoms with Gasteiger partial charge in [0, 0.05) is 17.3 Å². The van der Waals surface area contributed by atoms with Crippen molar-refractivity contribution >= 4 is 23.1 Å². The van der Waals surface area contributed by atoms with Crippen molar-refractivity contribution in [1.82, 2.24) is 9.78 Å². The molecule has 0 unspecified atom stereocenters. The Labute approximate surface area is 162 Å². The van der Waals surface area contributed by atoms with Crippen LogP contribution in [0.2, 0.25) is 5.02 Å². The standard InChI is InChI=1S/C21H19ClN2O3/c1-3-18(21(25)26-2)19-7-5-4-6-15(19)14-27-20-12-13-24(23-20)17-10-8-16(22)9-11-17/h3-13H,14H2,1-2H3. The minimum Gasteiger partial charge on any atom is -0.472 e. The van der Waals surface area contributed by atoms with Crippen LogP contribution in [-0.4, -0.2) is 22.9 Å². The normalized spacial score (nSPS) is 11.3.